The molecule has 9 heteroatoms. The number of carbonyl (C=O) groups is 2. The first kappa shape index (κ1) is 21.4. The molecule has 0 unspecified atom stereocenters. The van der Waals surface area contributed by atoms with Crippen molar-refractivity contribution in [2.45, 2.75) is 17.7 Å². The van der Waals surface area contributed by atoms with E-state index in [0.717, 1.165) is 0 Å². The molecule has 3 N–H and O–H groups in total. The van der Waals surface area contributed by atoms with Gasteiger partial charge in [-0.2, -0.15) is 0 Å². The number of carbonyl (C=O) groups excluding carboxylic acids is 2. The number of hydrogen-bond acceptors (Lipinski definition) is 5. The lowest BCUT2D eigenvalue weighted by Gasteiger charge is -2.17. The van der Waals surface area contributed by atoms with E-state index in [9.17, 15) is 18.0 Å². The second kappa shape index (κ2) is 9.34. The van der Waals surface area contributed by atoms with E-state index in [1.54, 1.807) is 30.3 Å². The first-order chi connectivity index (χ1) is 13.2. The number of methoxy groups -OCH3 is 1. The standard InChI is InChI=1S/C19H23N3O5S/c1-22(28(25,26)17-10-8-16(27-2)9-11-17)12-4-7-18(23)21-15-6-3-5-14(13-15)19(20)24/h3,5-6,8-11,13H,4,7,12H2,1-2H3,(H2,20,24)(H,21,23). The van der Waals surface area contributed by atoms with Crippen molar-refractivity contribution in [1.82, 2.24) is 4.31 Å². The molecular weight excluding hydrogens is 382 g/mol. The number of rotatable bonds is 9. The van der Waals surface area contributed by atoms with Crippen LogP contribution in [0, 0.1) is 0 Å². The first-order valence-corrected chi connectivity index (χ1v) is 9.98. The highest BCUT2D eigenvalue weighted by atomic mass is 32.2. The highest BCUT2D eigenvalue weighted by molar-refractivity contribution is 7.89. The third-order valence-electron chi connectivity index (χ3n) is 4.08. The molecule has 2 rings (SSSR count). The van der Waals surface area contributed by atoms with Crippen LogP contribution in [-0.4, -0.2) is 45.2 Å². The summed E-state index contributed by atoms with van der Waals surface area (Å²) in [6.45, 7) is 0.184. The number of benzene rings is 2. The highest BCUT2D eigenvalue weighted by Crippen LogP contribution is 2.19. The highest BCUT2D eigenvalue weighted by Gasteiger charge is 2.20. The number of sulfonamides is 1. The molecule has 150 valence electrons. The summed E-state index contributed by atoms with van der Waals surface area (Å²) in [5, 5.41) is 2.67. The number of hydrogen-bond donors (Lipinski definition) is 2. The van der Waals surface area contributed by atoms with Gasteiger partial charge in [-0.15, -0.1) is 0 Å². The van der Waals surface area contributed by atoms with Crippen molar-refractivity contribution in [1.29, 1.82) is 0 Å². The van der Waals surface area contributed by atoms with Gasteiger partial charge in [-0.3, -0.25) is 9.59 Å². The van der Waals surface area contributed by atoms with Crippen LogP contribution < -0.4 is 15.8 Å². The Bertz CT molecular complexity index is 942. The smallest absolute Gasteiger partial charge is 0.248 e. The SMILES string of the molecule is COc1ccc(S(=O)(=O)N(C)CCCC(=O)Nc2cccc(C(N)=O)c2)cc1. The molecule has 0 bridgehead atoms. The molecule has 0 atom stereocenters. The van der Waals surface area contributed by atoms with E-state index in [-0.39, 0.29) is 23.8 Å². The van der Waals surface area contributed by atoms with Crippen LogP contribution in [0.1, 0.15) is 23.2 Å². The zero-order valence-corrected chi connectivity index (χ0v) is 16.5. The zero-order chi connectivity index (χ0) is 20.7. The van der Waals surface area contributed by atoms with E-state index >= 15 is 0 Å². The minimum atomic E-state index is -3.64. The summed E-state index contributed by atoms with van der Waals surface area (Å²) in [5.41, 5.74) is 5.96. The average molecular weight is 405 g/mol. The average Bonchev–Trinajstić information content (AvgIpc) is 2.68. The molecule has 0 radical (unpaired) electrons. The maximum atomic E-state index is 12.5. The minimum Gasteiger partial charge on any atom is -0.497 e. The molecule has 2 amide bonds. The molecule has 0 aliphatic carbocycles. The molecular formula is C19H23N3O5S. The quantitative estimate of drug-likeness (QED) is 0.660. The molecule has 0 saturated carbocycles. The van der Waals surface area contributed by atoms with Gasteiger partial charge in [-0.1, -0.05) is 6.07 Å². The third-order valence-corrected chi connectivity index (χ3v) is 5.95. The Balaban J connectivity index is 1.88. The van der Waals surface area contributed by atoms with Crippen LogP contribution >= 0.6 is 0 Å². The molecule has 0 spiro atoms. The summed E-state index contributed by atoms with van der Waals surface area (Å²) in [6.07, 6.45) is 0.469. The molecule has 0 aliphatic heterocycles. The summed E-state index contributed by atoms with van der Waals surface area (Å²) >= 11 is 0. The maximum absolute atomic E-state index is 12.5. The Morgan fingerprint density at radius 1 is 1.14 bits per heavy atom. The van der Waals surface area contributed by atoms with E-state index in [4.69, 9.17) is 10.5 Å². The Morgan fingerprint density at radius 3 is 2.43 bits per heavy atom. The van der Waals surface area contributed by atoms with E-state index in [1.165, 1.54) is 36.7 Å². The molecule has 2 aromatic rings. The number of primary amides is 1. The van der Waals surface area contributed by atoms with Crippen LogP contribution in [0.2, 0.25) is 0 Å². The molecule has 2 aromatic carbocycles. The van der Waals surface area contributed by atoms with Crippen LogP contribution in [0.25, 0.3) is 0 Å². The van der Waals surface area contributed by atoms with Gasteiger partial charge in [-0.05, 0) is 48.9 Å². The fourth-order valence-corrected chi connectivity index (χ4v) is 3.69. The van der Waals surface area contributed by atoms with Crippen LogP contribution in [0.5, 0.6) is 5.75 Å². The zero-order valence-electron chi connectivity index (χ0n) is 15.7. The molecule has 0 saturated heterocycles. The fourth-order valence-electron chi connectivity index (χ4n) is 2.48. The van der Waals surface area contributed by atoms with Crippen molar-refractivity contribution >= 4 is 27.5 Å². The van der Waals surface area contributed by atoms with Crippen LogP contribution in [0.4, 0.5) is 5.69 Å². The van der Waals surface area contributed by atoms with Crippen molar-refractivity contribution in [3.63, 3.8) is 0 Å². The van der Waals surface area contributed by atoms with Gasteiger partial charge in [0.25, 0.3) is 0 Å². The lowest BCUT2D eigenvalue weighted by Crippen LogP contribution is -2.28. The summed E-state index contributed by atoms with van der Waals surface area (Å²) in [5.74, 6) is -0.294. The van der Waals surface area contributed by atoms with E-state index in [1.807, 2.05) is 0 Å². The molecule has 28 heavy (non-hydrogen) atoms. The van der Waals surface area contributed by atoms with Crippen molar-refractivity contribution in [2.24, 2.45) is 5.73 Å². The lowest BCUT2D eigenvalue weighted by molar-refractivity contribution is -0.116. The molecule has 0 heterocycles. The molecule has 8 nitrogen and oxygen atoms in total. The van der Waals surface area contributed by atoms with Crippen LogP contribution in [-0.2, 0) is 14.8 Å². The fraction of sp³-hybridized carbons (Fsp3) is 0.263. The summed E-state index contributed by atoms with van der Waals surface area (Å²) in [6, 6.07) is 12.4. The summed E-state index contributed by atoms with van der Waals surface area (Å²) < 4.78 is 31.3. The number of ether oxygens (including phenoxy) is 1. The van der Waals surface area contributed by atoms with Crippen molar-refractivity contribution < 1.29 is 22.7 Å². The monoisotopic (exact) mass is 405 g/mol. The maximum Gasteiger partial charge on any atom is 0.248 e. The predicted octanol–water partition coefficient (Wildman–Crippen LogP) is 1.83. The molecule has 0 aromatic heterocycles. The Morgan fingerprint density at radius 2 is 1.82 bits per heavy atom. The van der Waals surface area contributed by atoms with Crippen LogP contribution in [0.3, 0.4) is 0 Å². The van der Waals surface area contributed by atoms with E-state index < -0.39 is 15.9 Å². The Hall–Kier alpha value is -2.91. The number of nitrogens with zero attached hydrogens (tertiary/aromatic N) is 1. The predicted molar refractivity (Wildman–Crippen MR) is 106 cm³/mol. The van der Waals surface area contributed by atoms with Gasteiger partial charge in [0.2, 0.25) is 21.8 Å². The van der Waals surface area contributed by atoms with E-state index in [2.05, 4.69) is 5.32 Å². The van der Waals surface area contributed by atoms with E-state index in [0.29, 0.717) is 23.4 Å². The van der Waals surface area contributed by atoms with Gasteiger partial charge in [-0.25, -0.2) is 12.7 Å². The second-order valence-electron chi connectivity index (χ2n) is 6.10. The second-order valence-corrected chi connectivity index (χ2v) is 8.14. The van der Waals surface area contributed by atoms with Crippen molar-refractivity contribution in [3.8, 4) is 5.75 Å². The Kier molecular flexibility index (Phi) is 7.13. The van der Waals surface area contributed by atoms with Crippen LogP contribution in [0.15, 0.2) is 53.4 Å². The molecule has 0 aliphatic rings. The minimum absolute atomic E-state index is 0.128. The van der Waals surface area contributed by atoms with Gasteiger partial charge >= 0.3 is 0 Å². The summed E-state index contributed by atoms with van der Waals surface area (Å²) in [4.78, 5) is 23.4. The van der Waals surface area contributed by atoms with Gasteiger partial charge < -0.3 is 15.8 Å². The number of amides is 2. The van der Waals surface area contributed by atoms with Crippen molar-refractivity contribution in [2.75, 3.05) is 26.0 Å². The van der Waals surface area contributed by atoms with Gasteiger partial charge in [0.1, 0.15) is 5.75 Å². The van der Waals surface area contributed by atoms with Gasteiger partial charge in [0.15, 0.2) is 0 Å². The third kappa shape index (κ3) is 5.54. The topological polar surface area (TPSA) is 119 Å². The molecule has 0 fully saturated rings. The number of nitrogens with one attached hydrogen (secondary N) is 1. The number of nitrogens with two attached hydrogens (primary N) is 1. The number of anilines is 1. The Labute approximate surface area is 164 Å². The first-order valence-electron chi connectivity index (χ1n) is 8.54. The van der Waals surface area contributed by atoms with Gasteiger partial charge in [0, 0.05) is 31.3 Å². The lowest BCUT2D eigenvalue weighted by atomic mass is 10.2. The van der Waals surface area contributed by atoms with Crippen molar-refractivity contribution in [3.05, 3.63) is 54.1 Å². The largest absolute Gasteiger partial charge is 0.497 e. The van der Waals surface area contributed by atoms with Gasteiger partial charge in [0.05, 0.1) is 12.0 Å². The summed E-state index contributed by atoms with van der Waals surface area (Å²) in [7, 11) is -0.670. The normalized spacial score (nSPS) is 11.2.